The van der Waals surface area contributed by atoms with Crippen molar-refractivity contribution in [3.63, 3.8) is 0 Å². The van der Waals surface area contributed by atoms with E-state index in [4.69, 9.17) is 21.1 Å². The molecule has 0 saturated carbocycles. The van der Waals surface area contributed by atoms with Gasteiger partial charge in [0.1, 0.15) is 17.2 Å². The van der Waals surface area contributed by atoms with E-state index in [0.29, 0.717) is 38.9 Å². The average molecular weight is 524 g/mol. The number of halogens is 1. The van der Waals surface area contributed by atoms with Crippen molar-refractivity contribution in [1.82, 2.24) is 10.4 Å². The second-order valence-corrected chi connectivity index (χ2v) is 8.67. The summed E-state index contributed by atoms with van der Waals surface area (Å²) in [7, 11) is 1.53. The number of nitrogens with one attached hydrogen (secondary N) is 2. The van der Waals surface area contributed by atoms with Crippen molar-refractivity contribution in [1.29, 1.82) is 0 Å². The molecule has 0 aliphatic rings. The second-order valence-electron chi connectivity index (χ2n) is 8.26. The zero-order chi connectivity index (χ0) is 26.5. The molecule has 2 N–H and O–H groups in total. The van der Waals surface area contributed by atoms with Gasteiger partial charge in [0, 0.05) is 16.5 Å². The molecule has 1 aromatic heterocycles. The number of carbonyl (C=O) groups is 2. The predicted molar refractivity (Wildman–Crippen MR) is 148 cm³/mol. The number of para-hydroxylation sites is 2. The molecule has 5 rings (SSSR count). The average Bonchev–Trinajstić information content (AvgIpc) is 3.35. The van der Waals surface area contributed by atoms with Gasteiger partial charge in [0.2, 0.25) is 0 Å². The standard InChI is InChI=1S/C30H22ClN3O4/c1-37-22-13-7-12-20(17-22)30(36)38-25-16-6-5-11-21(25)18-32-34-29(35)28-26(19-9-3-2-4-10-19)23-14-8-15-24(31)27(23)33-28/h2-18,33H,1H3,(H,34,35). The molecule has 1 amide bonds. The van der Waals surface area contributed by atoms with E-state index in [2.05, 4.69) is 15.5 Å². The number of H-pyrrole nitrogens is 1. The third kappa shape index (κ3) is 5.14. The molecule has 188 valence electrons. The van der Waals surface area contributed by atoms with Crippen LogP contribution in [-0.4, -0.2) is 30.2 Å². The SMILES string of the molecule is COc1cccc(C(=O)Oc2ccccc2C=NNC(=O)c2[nH]c3c(Cl)cccc3c2-c2ccccc2)c1. The molecule has 0 fully saturated rings. The summed E-state index contributed by atoms with van der Waals surface area (Å²) in [5, 5.41) is 5.46. The smallest absolute Gasteiger partial charge is 0.343 e. The number of hydrazone groups is 1. The third-order valence-electron chi connectivity index (χ3n) is 5.87. The first-order chi connectivity index (χ1) is 18.5. The van der Waals surface area contributed by atoms with E-state index in [1.807, 2.05) is 42.5 Å². The van der Waals surface area contributed by atoms with Crippen LogP contribution in [0.4, 0.5) is 0 Å². The highest BCUT2D eigenvalue weighted by atomic mass is 35.5. The number of hydrogen-bond acceptors (Lipinski definition) is 5. The molecule has 0 unspecified atom stereocenters. The highest BCUT2D eigenvalue weighted by Crippen LogP contribution is 2.35. The van der Waals surface area contributed by atoms with Gasteiger partial charge in [-0.1, -0.05) is 72.3 Å². The molecule has 5 aromatic rings. The summed E-state index contributed by atoms with van der Waals surface area (Å²) in [5.74, 6) is -0.152. The molecule has 8 heteroatoms. The number of carbonyl (C=O) groups excluding carboxylic acids is 2. The first kappa shape index (κ1) is 24.8. The van der Waals surface area contributed by atoms with Crippen LogP contribution in [0.15, 0.2) is 102 Å². The first-order valence-electron chi connectivity index (χ1n) is 11.7. The lowest BCUT2D eigenvalue weighted by atomic mass is 10.0. The zero-order valence-corrected chi connectivity index (χ0v) is 21.0. The molecule has 0 saturated heterocycles. The predicted octanol–water partition coefficient (Wildman–Crippen LogP) is 6.48. The Kier molecular flexibility index (Phi) is 7.19. The first-order valence-corrected chi connectivity index (χ1v) is 12.1. The van der Waals surface area contributed by atoms with Crippen LogP contribution in [-0.2, 0) is 0 Å². The summed E-state index contributed by atoms with van der Waals surface area (Å²) in [5.41, 5.74) is 6.00. The maximum absolute atomic E-state index is 13.2. The van der Waals surface area contributed by atoms with E-state index < -0.39 is 11.9 Å². The fourth-order valence-corrected chi connectivity index (χ4v) is 4.28. The molecule has 0 bridgehead atoms. The number of fused-ring (bicyclic) bond motifs is 1. The van der Waals surface area contributed by atoms with Crippen LogP contribution < -0.4 is 14.9 Å². The minimum absolute atomic E-state index is 0.292. The van der Waals surface area contributed by atoms with Crippen molar-refractivity contribution in [2.75, 3.05) is 7.11 Å². The number of nitrogens with zero attached hydrogens (tertiary/aromatic N) is 1. The van der Waals surface area contributed by atoms with Crippen LogP contribution in [0.5, 0.6) is 11.5 Å². The number of methoxy groups -OCH3 is 1. The molecule has 0 aliphatic carbocycles. The van der Waals surface area contributed by atoms with Crippen molar-refractivity contribution < 1.29 is 19.1 Å². The lowest BCUT2D eigenvalue weighted by molar-refractivity contribution is 0.0733. The molecule has 0 spiro atoms. The molecule has 7 nitrogen and oxygen atoms in total. The van der Waals surface area contributed by atoms with Gasteiger partial charge in [0.25, 0.3) is 5.91 Å². The lowest BCUT2D eigenvalue weighted by Gasteiger charge is -2.08. The molecular weight excluding hydrogens is 502 g/mol. The van der Waals surface area contributed by atoms with E-state index in [0.717, 1.165) is 16.5 Å². The number of rotatable bonds is 7. The van der Waals surface area contributed by atoms with Crippen LogP contribution in [0.1, 0.15) is 26.4 Å². The summed E-state index contributed by atoms with van der Waals surface area (Å²) in [6, 6.07) is 28.7. The Hall–Kier alpha value is -4.88. The number of amides is 1. The normalized spacial score (nSPS) is 11.0. The van der Waals surface area contributed by atoms with Crippen molar-refractivity contribution in [3.8, 4) is 22.6 Å². The highest BCUT2D eigenvalue weighted by Gasteiger charge is 2.20. The Labute approximate surface area is 223 Å². The fraction of sp³-hybridized carbons (Fsp3) is 0.0333. The Morgan fingerprint density at radius 3 is 2.50 bits per heavy atom. The van der Waals surface area contributed by atoms with Crippen molar-refractivity contribution in [3.05, 3.63) is 119 Å². The maximum atomic E-state index is 13.2. The van der Waals surface area contributed by atoms with Gasteiger partial charge in [-0.2, -0.15) is 5.10 Å². The van der Waals surface area contributed by atoms with E-state index in [-0.39, 0.29) is 0 Å². The van der Waals surface area contributed by atoms with Crippen molar-refractivity contribution in [2.24, 2.45) is 5.10 Å². The monoisotopic (exact) mass is 523 g/mol. The maximum Gasteiger partial charge on any atom is 0.343 e. The van der Waals surface area contributed by atoms with E-state index in [1.165, 1.54) is 13.3 Å². The summed E-state index contributed by atoms with van der Waals surface area (Å²) < 4.78 is 10.8. The van der Waals surface area contributed by atoms with Gasteiger partial charge in [0.15, 0.2) is 0 Å². The highest BCUT2D eigenvalue weighted by molar-refractivity contribution is 6.36. The number of ether oxygens (including phenoxy) is 2. The topological polar surface area (TPSA) is 92.8 Å². The number of benzene rings is 4. The summed E-state index contributed by atoms with van der Waals surface area (Å²) in [6.45, 7) is 0. The minimum Gasteiger partial charge on any atom is -0.497 e. The number of esters is 1. The largest absolute Gasteiger partial charge is 0.497 e. The van der Waals surface area contributed by atoms with Gasteiger partial charge >= 0.3 is 5.97 Å². The summed E-state index contributed by atoms with van der Waals surface area (Å²) in [6.07, 6.45) is 1.42. The van der Waals surface area contributed by atoms with Crippen LogP contribution in [0.25, 0.3) is 22.0 Å². The molecular formula is C30H22ClN3O4. The molecule has 0 aliphatic heterocycles. The van der Waals surface area contributed by atoms with E-state index in [1.54, 1.807) is 54.6 Å². The van der Waals surface area contributed by atoms with Gasteiger partial charge in [0.05, 0.1) is 29.4 Å². The third-order valence-corrected chi connectivity index (χ3v) is 6.18. The van der Waals surface area contributed by atoms with Gasteiger partial charge in [-0.25, -0.2) is 10.2 Å². The Bertz CT molecular complexity index is 1660. The Morgan fingerprint density at radius 2 is 1.68 bits per heavy atom. The summed E-state index contributed by atoms with van der Waals surface area (Å²) >= 11 is 6.40. The van der Waals surface area contributed by atoms with Crippen molar-refractivity contribution >= 4 is 40.6 Å². The molecule has 4 aromatic carbocycles. The van der Waals surface area contributed by atoms with Crippen LogP contribution in [0.2, 0.25) is 5.02 Å². The van der Waals surface area contributed by atoms with Crippen LogP contribution in [0.3, 0.4) is 0 Å². The van der Waals surface area contributed by atoms with Crippen LogP contribution >= 0.6 is 11.6 Å². The fourth-order valence-electron chi connectivity index (χ4n) is 4.06. The lowest BCUT2D eigenvalue weighted by Crippen LogP contribution is -2.19. The number of aromatic amines is 1. The molecule has 0 atom stereocenters. The summed E-state index contributed by atoms with van der Waals surface area (Å²) in [4.78, 5) is 29.0. The van der Waals surface area contributed by atoms with Crippen molar-refractivity contribution in [2.45, 2.75) is 0 Å². The van der Waals surface area contributed by atoms with Gasteiger partial charge < -0.3 is 14.5 Å². The molecule has 1 heterocycles. The Morgan fingerprint density at radius 1 is 0.921 bits per heavy atom. The van der Waals surface area contributed by atoms with Gasteiger partial charge in [-0.3, -0.25) is 4.79 Å². The number of hydrogen-bond donors (Lipinski definition) is 2. The van der Waals surface area contributed by atoms with Gasteiger partial charge in [-0.05, 0) is 42.0 Å². The Balaban J connectivity index is 1.39. The quantitative estimate of drug-likeness (QED) is 0.110. The molecule has 38 heavy (non-hydrogen) atoms. The zero-order valence-electron chi connectivity index (χ0n) is 20.3. The van der Waals surface area contributed by atoms with Crippen LogP contribution in [0, 0.1) is 0 Å². The second kappa shape index (κ2) is 11.0. The number of aromatic nitrogens is 1. The molecule has 0 radical (unpaired) electrons. The van der Waals surface area contributed by atoms with Gasteiger partial charge in [-0.15, -0.1) is 0 Å². The van der Waals surface area contributed by atoms with E-state index >= 15 is 0 Å². The van der Waals surface area contributed by atoms with E-state index in [9.17, 15) is 9.59 Å². The minimum atomic E-state index is -0.545.